The summed E-state index contributed by atoms with van der Waals surface area (Å²) < 4.78 is 2.04. The fourth-order valence-corrected chi connectivity index (χ4v) is 5.24. The molecule has 4 aromatic rings. The molecule has 2 atom stereocenters. The number of aryl methyl sites for hydroxylation is 2. The number of imidazole rings is 1. The maximum atomic E-state index is 10.8. The molecular formula is C28H34ClN7O. The Balaban J connectivity index is 1.40. The number of piperazine rings is 1. The van der Waals surface area contributed by atoms with Gasteiger partial charge in [-0.3, -0.25) is 9.47 Å². The molecule has 194 valence electrons. The normalized spacial score (nSPS) is 16.2. The largest absolute Gasteiger partial charge is 0.390 e. The van der Waals surface area contributed by atoms with Crippen LogP contribution in [0.2, 0.25) is 5.02 Å². The quantitative estimate of drug-likeness (QED) is 0.369. The fourth-order valence-electron chi connectivity index (χ4n) is 5.12. The smallest absolute Gasteiger partial charge is 0.170 e. The second kappa shape index (κ2) is 10.7. The average Bonchev–Trinajstić information content (AvgIpc) is 3.29. The van der Waals surface area contributed by atoms with Crippen molar-refractivity contribution in [2.45, 2.75) is 46.4 Å². The molecule has 0 saturated carbocycles. The van der Waals surface area contributed by atoms with Crippen molar-refractivity contribution >= 4 is 34.3 Å². The molecule has 0 radical (unpaired) electrons. The minimum Gasteiger partial charge on any atom is -0.390 e. The summed E-state index contributed by atoms with van der Waals surface area (Å²) in [6.45, 7) is 11.7. The molecule has 1 aliphatic rings. The molecule has 2 aromatic carbocycles. The van der Waals surface area contributed by atoms with E-state index in [2.05, 4.69) is 64.1 Å². The Bertz CT molecular complexity index is 1380. The van der Waals surface area contributed by atoms with Crippen molar-refractivity contribution in [1.82, 2.24) is 24.4 Å². The third kappa shape index (κ3) is 5.01. The summed E-state index contributed by atoms with van der Waals surface area (Å²) in [5.74, 6) is 1.51. The number of halogens is 1. The van der Waals surface area contributed by atoms with Crippen LogP contribution in [0, 0.1) is 13.8 Å². The van der Waals surface area contributed by atoms with Crippen molar-refractivity contribution in [2.75, 3.05) is 36.4 Å². The van der Waals surface area contributed by atoms with E-state index in [1.807, 2.05) is 35.8 Å². The first kappa shape index (κ1) is 25.4. The number of nitrogens with one attached hydrogen (secondary N) is 1. The highest BCUT2D eigenvalue weighted by atomic mass is 35.5. The van der Waals surface area contributed by atoms with Gasteiger partial charge >= 0.3 is 0 Å². The van der Waals surface area contributed by atoms with Crippen LogP contribution in [0.4, 0.5) is 11.5 Å². The van der Waals surface area contributed by atoms with Gasteiger partial charge in [0.05, 0.1) is 6.10 Å². The van der Waals surface area contributed by atoms with Gasteiger partial charge in [0.25, 0.3) is 0 Å². The van der Waals surface area contributed by atoms with Gasteiger partial charge in [-0.2, -0.15) is 0 Å². The lowest BCUT2D eigenvalue weighted by Crippen LogP contribution is -2.56. The van der Waals surface area contributed by atoms with E-state index in [4.69, 9.17) is 16.6 Å². The zero-order valence-corrected chi connectivity index (χ0v) is 22.6. The number of nitrogens with zero attached hydrogens (tertiary/aromatic N) is 6. The first-order valence-electron chi connectivity index (χ1n) is 12.9. The van der Waals surface area contributed by atoms with Gasteiger partial charge in [-0.05, 0) is 62.2 Å². The van der Waals surface area contributed by atoms with Crippen LogP contribution in [-0.4, -0.2) is 68.0 Å². The summed E-state index contributed by atoms with van der Waals surface area (Å²) in [6, 6.07) is 14.1. The molecule has 2 aromatic heterocycles. The molecule has 3 heterocycles. The van der Waals surface area contributed by atoms with Gasteiger partial charge in [-0.15, -0.1) is 0 Å². The minimum absolute atomic E-state index is 0.301. The summed E-state index contributed by atoms with van der Waals surface area (Å²) >= 11 is 6.12. The number of hydrogen-bond donors (Lipinski definition) is 2. The molecule has 1 saturated heterocycles. The summed E-state index contributed by atoms with van der Waals surface area (Å²) in [6.07, 6.45) is 1.37. The zero-order valence-electron chi connectivity index (χ0n) is 21.8. The molecule has 1 aliphatic heterocycles. The van der Waals surface area contributed by atoms with Crippen molar-refractivity contribution in [3.05, 3.63) is 70.8 Å². The number of hydrogen-bond acceptors (Lipinski definition) is 7. The number of aliphatic hydroxyl groups excluding tert-OH is 1. The Labute approximate surface area is 222 Å². The highest BCUT2D eigenvalue weighted by Gasteiger charge is 2.29. The molecule has 2 N–H and O–H groups in total. The Morgan fingerprint density at radius 1 is 1.03 bits per heavy atom. The topological polar surface area (TPSA) is 82.3 Å². The molecule has 0 spiro atoms. The van der Waals surface area contributed by atoms with Gasteiger partial charge < -0.3 is 15.3 Å². The molecule has 1 fully saturated rings. The first-order valence-corrected chi connectivity index (χ1v) is 13.2. The third-order valence-electron chi connectivity index (χ3n) is 7.28. The van der Waals surface area contributed by atoms with Gasteiger partial charge in [-0.25, -0.2) is 15.0 Å². The molecular weight excluding hydrogens is 486 g/mol. The van der Waals surface area contributed by atoms with Crippen LogP contribution in [0.3, 0.4) is 0 Å². The maximum Gasteiger partial charge on any atom is 0.170 e. The lowest BCUT2D eigenvalue weighted by molar-refractivity contribution is 0.0720. The van der Waals surface area contributed by atoms with Gasteiger partial charge in [-0.1, -0.05) is 30.7 Å². The number of fused-ring (bicyclic) bond motifs is 1. The average molecular weight is 520 g/mol. The third-order valence-corrected chi connectivity index (χ3v) is 7.53. The molecule has 9 heteroatoms. The van der Waals surface area contributed by atoms with E-state index in [-0.39, 0.29) is 6.17 Å². The standard InChI is InChI=1S/C28H34ClN7O/c1-5-24-32-25-26(30-17-31-28(25)36(24)22-11-9-21(29)10-12-22)33-27(20(4)37)35-15-13-34(14-16-35)23-8-6-7-18(2)19(23)3/h6-12,17,20,27,37H,5,13-16H2,1-4H3,(H,30,31,33). The van der Waals surface area contributed by atoms with Crippen molar-refractivity contribution in [2.24, 2.45) is 0 Å². The zero-order chi connectivity index (χ0) is 26.1. The van der Waals surface area contributed by atoms with Gasteiger partial charge in [0.2, 0.25) is 0 Å². The van der Waals surface area contributed by atoms with E-state index in [9.17, 15) is 5.11 Å². The molecule has 0 bridgehead atoms. The number of aromatic nitrogens is 4. The lowest BCUT2D eigenvalue weighted by Gasteiger charge is -2.42. The minimum atomic E-state index is -0.610. The van der Waals surface area contributed by atoms with Crippen LogP contribution in [0.25, 0.3) is 16.9 Å². The number of aliphatic hydroxyl groups is 1. The maximum absolute atomic E-state index is 10.8. The Morgan fingerprint density at radius 2 is 1.76 bits per heavy atom. The van der Waals surface area contributed by atoms with Crippen LogP contribution >= 0.6 is 11.6 Å². The Morgan fingerprint density at radius 3 is 2.43 bits per heavy atom. The van der Waals surface area contributed by atoms with Crippen molar-refractivity contribution in [3.63, 3.8) is 0 Å². The van der Waals surface area contributed by atoms with Gasteiger partial charge in [0.15, 0.2) is 17.0 Å². The monoisotopic (exact) mass is 519 g/mol. The van der Waals surface area contributed by atoms with Crippen LogP contribution in [0.15, 0.2) is 48.8 Å². The number of benzene rings is 2. The van der Waals surface area contributed by atoms with Gasteiger partial charge in [0, 0.05) is 49.0 Å². The predicted molar refractivity (Wildman–Crippen MR) is 150 cm³/mol. The van der Waals surface area contributed by atoms with Crippen LogP contribution in [0.1, 0.15) is 30.8 Å². The first-order chi connectivity index (χ1) is 17.9. The molecule has 2 unspecified atom stereocenters. The lowest BCUT2D eigenvalue weighted by atomic mass is 10.1. The number of rotatable bonds is 7. The van der Waals surface area contributed by atoms with E-state index in [1.165, 1.54) is 16.8 Å². The summed E-state index contributed by atoms with van der Waals surface area (Å²) in [5, 5.41) is 15.0. The summed E-state index contributed by atoms with van der Waals surface area (Å²) in [7, 11) is 0. The van der Waals surface area contributed by atoms with E-state index >= 15 is 0 Å². The predicted octanol–water partition coefficient (Wildman–Crippen LogP) is 4.59. The van der Waals surface area contributed by atoms with Crippen LogP contribution in [0.5, 0.6) is 0 Å². The van der Waals surface area contributed by atoms with E-state index < -0.39 is 6.10 Å². The highest BCUT2D eigenvalue weighted by molar-refractivity contribution is 6.30. The van der Waals surface area contributed by atoms with Crippen LogP contribution < -0.4 is 10.2 Å². The van der Waals surface area contributed by atoms with E-state index in [0.717, 1.165) is 49.8 Å². The summed E-state index contributed by atoms with van der Waals surface area (Å²) in [4.78, 5) is 18.7. The van der Waals surface area contributed by atoms with E-state index in [0.29, 0.717) is 16.4 Å². The molecule has 8 nitrogen and oxygen atoms in total. The van der Waals surface area contributed by atoms with Crippen molar-refractivity contribution < 1.29 is 5.11 Å². The Hall–Kier alpha value is -3.20. The molecule has 5 rings (SSSR count). The Kier molecular flexibility index (Phi) is 7.33. The highest BCUT2D eigenvalue weighted by Crippen LogP contribution is 2.28. The second-order valence-electron chi connectivity index (χ2n) is 9.66. The van der Waals surface area contributed by atoms with E-state index in [1.54, 1.807) is 6.33 Å². The molecule has 37 heavy (non-hydrogen) atoms. The van der Waals surface area contributed by atoms with Gasteiger partial charge in [0.1, 0.15) is 18.3 Å². The SMILES string of the molecule is CCc1nc2c(NC(C(C)O)N3CCN(c4cccc(C)c4C)CC3)ncnc2n1-c1ccc(Cl)cc1. The fraction of sp³-hybridized carbons (Fsp3) is 0.393. The van der Waals surface area contributed by atoms with Crippen molar-refractivity contribution in [3.8, 4) is 5.69 Å². The van der Waals surface area contributed by atoms with Crippen molar-refractivity contribution in [1.29, 1.82) is 0 Å². The molecule has 0 aliphatic carbocycles. The summed E-state index contributed by atoms with van der Waals surface area (Å²) in [5.41, 5.74) is 6.28. The second-order valence-corrected chi connectivity index (χ2v) is 10.1. The van der Waals surface area contributed by atoms with Crippen LogP contribution in [-0.2, 0) is 6.42 Å². The molecule has 0 amide bonds. The number of anilines is 2.